The molecule has 0 aliphatic heterocycles. The molecule has 1 aromatic heterocycles. The Morgan fingerprint density at radius 1 is 1.22 bits per heavy atom. The van der Waals surface area contributed by atoms with E-state index >= 15 is 0 Å². The van der Waals surface area contributed by atoms with E-state index in [1.807, 2.05) is 31.2 Å². The molecule has 1 amide bonds. The van der Waals surface area contributed by atoms with E-state index in [9.17, 15) is 4.79 Å². The van der Waals surface area contributed by atoms with Crippen molar-refractivity contribution in [2.45, 2.75) is 44.7 Å². The van der Waals surface area contributed by atoms with Crippen LogP contribution in [0.4, 0.5) is 17.5 Å². The summed E-state index contributed by atoms with van der Waals surface area (Å²) in [4.78, 5) is 20.4. The maximum absolute atomic E-state index is 11.7. The summed E-state index contributed by atoms with van der Waals surface area (Å²) in [7, 11) is 0. The van der Waals surface area contributed by atoms with Gasteiger partial charge in [0, 0.05) is 24.0 Å². The molecule has 2 atom stereocenters. The third-order valence-corrected chi connectivity index (χ3v) is 4.47. The fraction of sp³-hybridized carbons (Fsp3) is 0.389. The standard InChI is InChI=1S/C18H24N6O.2ClH/c1-11-5-4-6-12(9-11)22-17-13(16(20)25)10-21-18(24-17)23-15-8-3-2-7-14(15)19;;/h4-6,9-10,14-15H,2-3,7-8,19H2,1H3,(H2,20,25)(H2,21,22,23,24);2*1H. The quantitative estimate of drug-likeness (QED) is 0.598. The minimum absolute atomic E-state index is 0. The van der Waals surface area contributed by atoms with Crippen molar-refractivity contribution in [2.75, 3.05) is 10.6 Å². The Morgan fingerprint density at radius 2 is 1.96 bits per heavy atom. The largest absolute Gasteiger partial charge is 0.365 e. The average Bonchev–Trinajstić information content (AvgIpc) is 2.57. The van der Waals surface area contributed by atoms with E-state index in [2.05, 4.69) is 20.6 Å². The Kier molecular flexibility index (Phi) is 8.75. The van der Waals surface area contributed by atoms with Crippen LogP contribution in [0.1, 0.15) is 41.6 Å². The van der Waals surface area contributed by atoms with Gasteiger partial charge in [-0.3, -0.25) is 4.79 Å². The molecule has 0 spiro atoms. The lowest BCUT2D eigenvalue weighted by molar-refractivity contribution is 0.100. The van der Waals surface area contributed by atoms with Crippen LogP contribution in [-0.2, 0) is 0 Å². The maximum atomic E-state index is 11.7. The minimum Gasteiger partial charge on any atom is -0.365 e. The third-order valence-electron chi connectivity index (χ3n) is 4.47. The van der Waals surface area contributed by atoms with Gasteiger partial charge in [-0.25, -0.2) is 4.98 Å². The topological polar surface area (TPSA) is 119 Å². The van der Waals surface area contributed by atoms with Gasteiger partial charge in [0.25, 0.3) is 5.91 Å². The Labute approximate surface area is 171 Å². The molecule has 0 bridgehead atoms. The van der Waals surface area contributed by atoms with E-state index in [-0.39, 0.29) is 42.5 Å². The Hall–Kier alpha value is -2.09. The Bertz CT molecular complexity index is 773. The number of rotatable bonds is 5. The van der Waals surface area contributed by atoms with Crippen LogP contribution in [0.2, 0.25) is 0 Å². The number of aryl methyl sites for hydroxylation is 1. The lowest BCUT2D eigenvalue weighted by atomic mass is 9.91. The van der Waals surface area contributed by atoms with Crippen molar-refractivity contribution < 1.29 is 4.79 Å². The molecule has 148 valence electrons. The third kappa shape index (κ3) is 5.95. The number of carbonyl (C=O) groups excluding carboxylic acids is 1. The fourth-order valence-corrected chi connectivity index (χ4v) is 3.09. The highest BCUT2D eigenvalue weighted by Gasteiger charge is 2.23. The van der Waals surface area contributed by atoms with Gasteiger partial charge >= 0.3 is 0 Å². The van der Waals surface area contributed by atoms with Gasteiger partial charge in [0.1, 0.15) is 11.4 Å². The maximum Gasteiger partial charge on any atom is 0.254 e. The smallest absolute Gasteiger partial charge is 0.254 e. The van der Waals surface area contributed by atoms with Crippen molar-refractivity contribution in [2.24, 2.45) is 11.5 Å². The number of nitrogens with zero attached hydrogens (tertiary/aromatic N) is 2. The average molecular weight is 413 g/mol. The number of anilines is 3. The molecule has 1 fully saturated rings. The van der Waals surface area contributed by atoms with Gasteiger partial charge in [-0.2, -0.15) is 4.98 Å². The predicted molar refractivity (Wildman–Crippen MR) is 113 cm³/mol. The normalized spacial score (nSPS) is 18.6. The number of aromatic nitrogens is 2. The Balaban J connectivity index is 0.00000182. The molecule has 0 radical (unpaired) electrons. The Morgan fingerprint density at radius 3 is 2.63 bits per heavy atom. The van der Waals surface area contributed by atoms with E-state index < -0.39 is 5.91 Å². The molecule has 6 N–H and O–H groups in total. The number of hydrogen-bond acceptors (Lipinski definition) is 6. The van der Waals surface area contributed by atoms with Crippen LogP contribution in [0.3, 0.4) is 0 Å². The van der Waals surface area contributed by atoms with Gasteiger partial charge in [0.2, 0.25) is 5.95 Å². The molecular formula is C18H26Cl2N6O. The molecule has 1 saturated carbocycles. The summed E-state index contributed by atoms with van der Waals surface area (Å²) in [5.74, 6) is 0.263. The van der Waals surface area contributed by atoms with Crippen LogP contribution in [0.15, 0.2) is 30.5 Å². The molecule has 1 aliphatic rings. The first-order valence-electron chi connectivity index (χ1n) is 8.55. The number of hydrogen-bond donors (Lipinski definition) is 4. The van der Waals surface area contributed by atoms with E-state index in [0.717, 1.165) is 36.9 Å². The summed E-state index contributed by atoms with van der Waals surface area (Å²) in [6.07, 6.45) is 5.72. The van der Waals surface area contributed by atoms with Crippen LogP contribution < -0.4 is 22.1 Å². The van der Waals surface area contributed by atoms with Crippen LogP contribution in [-0.4, -0.2) is 28.0 Å². The van der Waals surface area contributed by atoms with Crippen molar-refractivity contribution >= 4 is 48.2 Å². The van der Waals surface area contributed by atoms with Crippen molar-refractivity contribution in [3.63, 3.8) is 0 Å². The first kappa shape index (κ1) is 23.0. The number of amides is 1. The second-order valence-electron chi connectivity index (χ2n) is 6.51. The van der Waals surface area contributed by atoms with Crippen LogP contribution in [0, 0.1) is 6.92 Å². The number of carbonyl (C=O) groups is 1. The molecule has 27 heavy (non-hydrogen) atoms. The summed E-state index contributed by atoms with van der Waals surface area (Å²) >= 11 is 0. The van der Waals surface area contributed by atoms with E-state index in [1.54, 1.807) is 0 Å². The highest BCUT2D eigenvalue weighted by molar-refractivity contribution is 5.98. The second kappa shape index (κ2) is 10.3. The van der Waals surface area contributed by atoms with E-state index in [4.69, 9.17) is 11.5 Å². The van der Waals surface area contributed by atoms with E-state index in [0.29, 0.717) is 11.8 Å². The van der Waals surface area contributed by atoms with Gasteiger partial charge in [0.05, 0.1) is 0 Å². The monoisotopic (exact) mass is 412 g/mol. The molecular weight excluding hydrogens is 387 g/mol. The number of nitrogens with one attached hydrogen (secondary N) is 2. The first-order chi connectivity index (χ1) is 12.0. The lowest BCUT2D eigenvalue weighted by Gasteiger charge is -2.29. The molecule has 1 aromatic carbocycles. The van der Waals surface area contributed by atoms with Gasteiger partial charge in [-0.15, -0.1) is 24.8 Å². The van der Waals surface area contributed by atoms with Gasteiger partial charge in [-0.1, -0.05) is 25.0 Å². The van der Waals surface area contributed by atoms with Crippen LogP contribution in [0.25, 0.3) is 0 Å². The van der Waals surface area contributed by atoms with Gasteiger partial charge in [-0.05, 0) is 37.5 Å². The molecule has 3 rings (SSSR count). The van der Waals surface area contributed by atoms with Crippen molar-refractivity contribution in [1.82, 2.24) is 9.97 Å². The summed E-state index contributed by atoms with van der Waals surface area (Å²) in [5, 5.41) is 6.46. The molecule has 2 unspecified atom stereocenters. The van der Waals surface area contributed by atoms with Gasteiger partial charge in [0.15, 0.2) is 0 Å². The predicted octanol–water partition coefficient (Wildman–Crippen LogP) is 3.15. The number of nitrogens with two attached hydrogens (primary N) is 2. The van der Waals surface area contributed by atoms with E-state index in [1.165, 1.54) is 6.20 Å². The summed E-state index contributed by atoms with van der Waals surface area (Å²) in [6.45, 7) is 2.00. The minimum atomic E-state index is -0.573. The highest BCUT2D eigenvalue weighted by Crippen LogP contribution is 2.23. The van der Waals surface area contributed by atoms with Crippen LogP contribution >= 0.6 is 24.8 Å². The summed E-state index contributed by atoms with van der Waals surface area (Å²) in [5.41, 5.74) is 13.8. The zero-order valence-corrected chi connectivity index (χ0v) is 16.8. The highest BCUT2D eigenvalue weighted by atomic mass is 35.5. The molecule has 7 nitrogen and oxygen atoms in total. The number of primary amides is 1. The molecule has 1 heterocycles. The number of benzene rings is 1. The molecule has 1 aliphatic carbocycles. The molecule has 9 heteroatoms. The first-order valence-corrected chi connectivity index (χ1v) is 8.55. The molecule has 2 aromatic rings. The lowest BCUT2D eigenvalue weighted by Crippen LogP contribution is -2.43. The van der Waals surface area contributed by atoms with Crippen molar-refractivity contribution in [3.05, 3.63) is 41.6 Å². The second-order valence-corrected chi connectivity index (χ2v) is 6.51. The summed E-state index contributed by atoms with van der Waals surface area (Å²) in [6, 6.07) is 8.03. The summed E-state index contributed by atoms with van der Waals surface area (Å²) < 4.78 is 0. The van der Waals surface area contributed by atoms with Crippen LogP contribution in [0.5, 0.6) is 0 Å². The molecule has 0 saturated heterocycles. The number of halogens is 2. The van der Waals surface area contributed by atoms with Crippen molar-refractivity contribution in [3.8, 4) is 0 Å². The zero-order chi connectivity index (χ0) is 17.8. The van der Waals surface area contributed by atoms with Crippen molar-refractivity contribution in [1.29, 1.82) is 0 Å². The fourth-order valence-electron chi connectivity index (χ4n) is 3.09. The zero-order valence-electron chi connectivity index (χ0n) is 15.1. The van der Waals surface area contributed by atoms with Gasteiger partial charge < -0.3 is 22.1 Å². The SMILES string of the molecule is Cc1cccc(Nc2nc(NC3CCCCC3N)ncc2C(N)=O)c1.Cl.Cl.